The number of hydrogen-bond acceptors (Lipinski definition) is 5. The molecule has 2 rings (SSSR count). The second-order valence-corrected chi connectivity index (χ2v) is 5.33. The highest BCUT2D eigenvalue weighted by Gasteiger charge is 2.23. The Kier molecular flexibility index (Phi) is 5.70. The lowest BCUT2D eigenvalue weighted by Crippen LogP contribution is -2.33. The van der Waals surface area contributed by atoms with Gasteiger partial charge in [-0.05, 0) is 18.9 Å². The third-order valence-electron chi connectivity index (χ3n) is 4.09. The Morgan fingerprint density at radius 3 is 2.14 bits per heavy atom. The smallest absolute Gasteiger partial charge is 0.164 e. The number of aliphatic hydroxyl groups is 1. The summed E-state index contributed by atoms with van der Waals surface area (Å²) in [6, 6.07) is 3.97. The number of methoxy groups -OCH3 is 3. The summed E-state index contributed by atoms with van der Waals surface area (Å²) in [5, 5.41) is 13.3. The van der Waals surface area contributed by atoms with Crippen molar-refractivity contribution in [2.75, 3.05) is 27.9 Å². The normalized spacial score (nSPS) is 16.8. The minimum Gasteiger partial charge on any atom is -0.496 e. The minimum absolute atomic E-state index is 0.0162. The van der Waals surface area contributed by atoms with Crippen molar-refractivity contribution in [3.8, 4) is 17.2 Å². The van der Waals surface area contributed by atoms with Gasteiger partial charge in [-0.2, -0.15) is 0 Å². The van der Waals surface area contributed by atoms with Gasteiger partial charge in [0.25, 0.3) is 0 Å². The SMILES string of the molecule is COc1cc(OC)c(C(CO)NC2CCCC2)cc1OC. The molecule has 0 saturated heterocycles. The van der Waals surface area contributed by atoms with Gasteiger partial charge in [-0.25, -0.2) is 0 Å². The van der Waals surface area contributed by atoms with Gasteiger partial charge < -0.3 is 24.6 Å². The van der Waals surface area contributed by atoms with E-state index in [1.165, 1.54) is 12.8 Å². The van der Waals surface area contributed by atoms with Crippen LogP contribution in [0.25, 0.3) is 0 Å². The van der Waals surface area contributed by atoms with Gasteiger partial charge in [-0.1, -0.05) is 12.8 Å². The van der Waals surface area contributed by atoms with E-state index < -0.39 is 0 Å². The molecule has 2 N–H and O–H groups in total. The van der Waals surface area contributed by atoms with Crippen molar-refractivity contribution in [1.82, 2.24) is 5.32 Å². The third kappa shape index (κ3) is 3.60. The summed E-state index contributed by atoms with van der Waals surface area (Å²) < 4.78 is 16.1. The highest BCUT2D eigenvalue weighted by Crippen LogP contribution is 2.38. The van der Waals surface area contributed by atoms with E-state index in [-0.39, 0.29) is 12.6 Å². The molecule has 0 amide bonds. The lowest BCUT2D eigenvalue weighted by molar-refractivity contribution is 0.229. The van der Waals surface area contributed by atoms with Crippen molar-refractivity contribution >= 4 is 0 Å². The number of nitrogens with one attached hydrogen (secondary N) is 1. The van der Waals surface area contributed by atoms with Crippen molar-refractivity contribution in [1.29, 1.82) is 0 Å². The molecular weight excluding hydrogens is 270 g/mol. The first-order valence-corrected chi connectivity index (χ1v) is 7.40. The Labute approximate surface area is 126 Å². The van der Waals surface area contributed by atoms with Crippen molar-refractivity contribution in [2.24, 2.45) is 0 Å². The lowest BCUT2D eigenvalue weighted by Gasteiger charge is -2.24. The second kappa shape index (κ2) is 7.52. The molecule has 1 aliphatic carbocycles. The fourth-order valence-corrected chi connectivity index (χ4v) is 2.94. The number of benzene rings is 1. The summed E-state index contributed by atoms with van der Waals surface area (Å²) in [7, 11) is 4.82. The molecule has 0 spiro atoms. The van der Waals surface area contributed by atoms with Gasteiger partial charge in [0.1, 0.15) is 5.75 Å². The van der Waals surface area contributed by atoms with Crippen LogP contribution in [-0.4, -0.2) is 39.1 Å². The maximum Gasteiger partial charge on any atom is 0.164 e. The summed E-state index contributed by atoms with van der Waals surface area (Å²) in [5.41, 5.74) is 0.893. The first-order valence-electron chi connectivity index (χ1n) is 7.40. The van der Waals surface area contributed by atoms with E-state index in [9.17, 15) is 5.11 Å². The molecule has 1 unspecified atom stereocenters. The van der Waals surface area contributed by atoms with Crippen molar-refractivity contribution < 1.29 is 19.3 Å². The number of hydrogen-bond donors (Lipinski definition) is 2. The van der Waals surface area contributed by atoms with Gasteiger partial charge in [-0.15, -0.1) is 0 Å². The number of rotatable bonds is 7. The Bertz CT molecular complexity index is 458. The molecular formula is C16H25NO4. The Hall–Kier alpha value is -1.46. The van der Waals surface area contributed by atoms with Crippen LogP contribution in [0.4, 0.5) is 0 Å². The Balaban J connectivity index is 2.29. The van der Waals surface area contributed by atoms with Crippen LogP contribution in [-0.2, 0) is 0 Å². The number of aliphatic hydroxyl groups excluding tert-OH is 1. The van der Waals surface area contributed by atoms with Crippen LogP contribution in [0, 0.1) is 0 Å². The molecule has 5 nitrogen and oxygen atoms in total. The van der Waals surface area contributed by atoms with E-state index >= 15 is 0 Å². The predicted molar refractivity (Wildman–Crippen MR) is 81.3 cm³/mol. The van der Waals surface area contributed by atoms with Crippen LogP contribution in [0.3, 0.4) is 0 Å². The highest BCUT2D eigenvalue weighted by atomic mass is 16.5. The largest absolute Gasteiger partial charge is 0.496 e. The van der Waals surface area contributed by atoms with Crippen molar-refractivity contribution in [3.63, 3.8) is 0 Å². The molecule has 1 aromatic carbocycles. The second-order valence-electron chi connectivity index (χ2n) is 5.33. The van der Waals surface area contributed by atoms with Gasteiger partial charge in [0, 0.05) is 17.7 Å². The van der Waals surface area contributed by atoms with Gasteiger partial charge in [-0.3, -0.25) is 0 Å². The fourth-order valence-electron chi connectivity index (χ4n) is 2.94. The summed E-state index contributed by atoms with van der Waals surface area (Å²) in [5.74, 6) is 1.95. The van der Waals surface area contributed by atoms with E-state index in [1.807, 2.05) is 6.07 Å². The summed E-state index contributed by atoms with van der Waals surface area (Å²) in [4.78, 5) is 0. The van der Waals surface area contributed by atoms with Gasteiger partial charge in [0.15, 0.2) is 11.5 Å². The van der Waals surface area contributed by atoms with E-state index in [4.69, 9.17) is 14.2 Å². The number of ether oxygens (including phenoxy) is 3. The van der Waals surface area contributed by atoms with E-state index in [0.29, 0.717) is 23.3 Å². The molecule has 118 valence electrons. The molecule has 0 aliphatic heterocycles. The van der Waals surface area contributed by atoms with Crippen LogP contribution in [0.1, 0.15) is 37.3 Å². The zero-order valence-electron chi connectivity index (χ0n) is 13.0. The molecule has 1 saturated carbocycles. The lowest BCUT2D eigenvalue weighted by atomic mass is 10.0. The Morgan fingerprint density at radius 2 is 1.62 bits per heavy atom. The van der Waals surface area contributed by atoms with Crippen LogP contribution in [0.15, 0.2) is 12.1 Å². The molecule has 0 aromatic heterocycles. The standard InChI is InChI=1S/C16H25NO4/c1-19-14-9-16(21-3)15(20-2)8-12(14)13(10-18)17-11-6-4-5-7-11/h8-9,11,13,17-18H,4-7,10H2,1-3H3. The molecule has 5 heteroatoms. The molecule has 1 atom stereocenters. The van der Waals surface area contributed by atoms with Gasteiger partial charge >= 0.3 is 0 Å². The van der Waals surface area contributed by atoms with Crippen LogP contribution in [0.2, 0.25) is 0 Å². The topological polar surface area (TPSA) is 60.0 Å². The summed E-state index contributed by atoms with van der Waals surface area (Å²) in [6.07, 6.45) is 4.82. The maximum atomic E-state index is 9.76. The first-order chi connectivity index (χ1) is 10.2. The van der Waals surface area contributed by atoms with Gasteiger partial charge in [0.05, 0.1) is 34.0 Å². The van der Waals surface area contributed by atoms with E-state index in [0.717, 1.165) is 18.4 Å². The molecule has 1 fully saturated rings. The third-order valence-corrected chi connectivity index (χ3v) is 4.09. The molecule has 0 radical (unpaired) electrons. The zero-order valence-corrected chi connectivity index (χ0v) is 13.0. The molecule has 0 bridgehead atoms. The molecule has 0 heterocycles. The minimum atomic E-state index is -0.164. The van der Waals surface area contributed by atoms with E-state index in [1.54, 1.807) is 27.4 Å². The van der Waals surface area contributed by atoms with Crippen molar-refractivity contribution in [2.45, 2.75) is 37.8 Å². The summed E-state index contributed by atoms with van der Waals surface area (Å²) in [6.45, 7) is 0.0162. The van der Waals surface area contributed by atoms with Crippen LogP contribution >= 0.6 is 0 Å². The predicted octanol–water partition coefficient (Wildman–Crippen LogP) is 2.28. The van der Waals surface area contributed by atoms with E-state index in [2.05, 4.69) is 5.32 Å². The van der Waals surface area contributed by atoms with Crippen molar-refractivity contribution in [3.05, 3.63) is 17.7 Å². The molecule has 21 heavy (non-hydrogen) atoms. The average Bonchev–Trinajstić information content (AvgIpc) is 3.04. The molecule has 1 aliphatic rings. The average molecular weight is 295 g/mol. The fraction of sp³-hybridized carbons (Fsp3) is 0.625. The van der Waals surface area contributed by atoms with Crippen LogP contribution < -0.4 is 19.5 Å². The summed E-state index contributed by atoms with van der Waals surface area (Å²) >= 11 is 0. The van der Waals surface area contributed by atoms with Gasteiger partial charge in [0.2, 0.25) is 0 Å². The first kappa shape index (κ1) is 15.9. The quantitative estimate of drug-likeness (QED) is 0.808. The molecule has 1 aromatic rings. The monoisotopic (exact) mass is 295 g/mol. The highest BCUT2D eigenvalue weighted by molar-refractivity contribution is 5.52. The Morgan fingerprint density at radius 1 is 1.05 bits per heavy atom. The maximum absolute atomic E-state index is 9.76. The van der Waals surface area contributed by atoms with Crippen LogP contribution in [0.5, 0.6) is 17.2 Å². The zero-order chi connectivity index (χ0) is 15.2.